The van der Waals surface area contributed by atoms with Crippen LogP contribution in [0.4, 0.5) is 5.69 Å². The highest BCUT2D eigenvalue weighted by Crippen LogP contribution is 2.15. The third-order valence-electron chi connectivity index (χ3n) is 2.97. The van der Waals surface area contributed by atoms with E-state index in [9.17, 15) is 4.21 Å². The Morgan fingerprint density at radius 2 is 2.06 bits per heavy atom. The summed E-state index contributed by atoms with van der Waals surface area (Å²) in [5.41, 5.74) is 6.35. The van der Waals surface area contributed by atoms with Gasteiger partial charge in [0, 0.05) is 33.6 Å². The van der Waals surface area contributed by atoms with Crippen LogP contribution in [-0.2, 0) is 10.8 Å². The number of anilines is 1. The second kappa shape index (κ2) is 7.41. The molecular formula is C14H23NO2S. The van der Waals surface area contributed by atoms with Crippen molar-refractivity contribution < 1.29 is 8.95 Å². The molecule has 2 atom stereocenters. The predicted molar refractivity (Wildman–Crippen MR) is 78.3 cm³/mol. The molecule has 1 aromatic rings. The number of nitrogens with two attached hydrogens (primary N) is 1. The highest BCUT2D eigenvalue weighted by Gasteiger charge is 2.14. The number of ether oxygens (including phenoxy) is 1. The first kappa shape index (κ1) is 15.0. The van der Waals surface area contributed by atoms with Crippen molar-refractivity contribution in [1.82, 2.24) is 0 Å². The Balaban J connectivity index is 2.25. The van der Waals surface area contributed by atoms with E-state index in [1.54, 1.807) is 6.07 Å². The molecule has 1 aromatic carbocycles. The van der Waals surface area contributed by atoms with Crippen LogP contribution in [0.5, 0.6) is 5.75 Å². The molecule has 2 N–H and O–H groups in total. The average Bonchev–Trinajstić information content (AvgIpc) is 2.33. The molecule has 0 spiro atoms. The first-order valence-corrected chi connectivity index (χ1v) is 7.74. The minimum Gasteiger partial charge on any atom is -0.493 e. The van der Waals surface area contributed by atoms with Gasteiger partial charge < -0.3 is 10.5 Å². The molecule has 0 heterocycles. The quantitative estimate of drug-likeness (QED) is 0.611. The zero-order chi connectivity index (χ0) is 13.5. The van der Waals surface area contributed by atoms with Gasteiger partial charge in [-0.15, -0.1) is 0 Å². The van der Waals surface area contributed by atoms with E-state index < -0.39 is 10.8 Å². The Labute approximate surface area is 112 Å². The Bertz CT molecular complexity index is 393. The maximum atomic E-state index is 11.9. The number of hydrogen-bond donors (Lipinski definition) is 1. The van der Waals surface area contributed by atoms with E-state index in [0.29, 0.717) is 24.0 Å². The minimum absolute atomic E-state index is 0.248. The molecule has 3 nitrogen and oxygen atoms in total. The fourth-order valence-electron chi connectivity index (χ4n) is 1.48. The van der Waals surface area contributed by atoms with E-state index in [1.807, 2.05) is 25.1 Å². The standard InChI is InChI=1S/C14H23NO2S/c1-11(2)12(3)18(16)9-5-8-17-14-7-4-6-13(15)10-14/h4,6-7,10-12H,5,8-9,15H2,1-3H3. The van der Waals surface area contributed by atoms with Crippen LogP contribution in [0, 0.1) is 5.92 Å². The minimum atomic E-state index is -0.762. The lowest BCUT2D eigenvalue weighted by molar-refractivity contribution is 0.318. The molecular weight excluding hydrogens is 246 g/mol. The smallest absolute Gasteiger partial charge is 0.121 e. The van der Waals surface area contributed by atoms with Gasteiger partial charge in [0.25, 0.3) is 0 Å². The summed E-state index contributed by atoms with van der Waals surface area (Å²) in [4.78, 5) is 0. The van der Waals surface area contributed by atoms with Gasteiger partial charge >= 0.3 is 0 Å². The van der Waals surface area contributed by atoms with E-state index in [0.717, 1.165) is 12.2 Å². The summed E-state index contributed by atoms with van der Waals surface area (Å²) in [7, 11) is -0.762. The number of rotatable bonds is 7. The van der Waals surface area contributed by atoms with Gasteiger partial charge in [0.15, 0.2) is 0 Å². The second-order valence-corrected chi connectivity index (χ2v) is 6.72. The molecule has 0 fully saturated rings. The van der Waals surface area contributed by atoms with Crippen molar-refractivity contribution in [3.8, 4) is 5.75 Å². The van der Waals surface area contributed by atoms with Crippen molar-refractivity contribution >= 4 is 16.5 Å². The van der Waals surface area contributed by atoms with E-state index in [1.165, 1.54) is 0 Å². The lowest BCUT2D eigenvalue weighted by Gasteiger charge is -2.15. The molecule has 102 valence electrons. The summed E-state index contributed by atoms with van der Waals surface area (Å²) >= 11 is 0. The lowest BCUT2D eigenvalue weighted by atomic mass is 10.2. The maximum Gasteiger partial charge on any atom is 0.121 e. The molecule has 0 aliphatic carbocycles. The maximum absolute atomic E-state index is 11.9. The largest absolute Gasteiger partial charge is 0.493 e. The van der Waals surface area contributed by atoms with Gasteiger partial charge in [-0.05, 0) is 24.5 Å². The fraction of sp³-hybridized carbons (Fsp3) is 0.571. The molecule has 0 saturated heterocycles. The molecule has 18 heavy (non-hydrogen) atoms. The normalized spacial score (nSPS) is 14.4. The predicted octanol–water partition coefficient (Wildman–Crippen LogP) is 2.83. The molecule has 0 amide bonds. The first-order valence-electron chi connectivity index (χ1n) is 6.36. The Morgan fingerprint density at radius 3 is 2.67 bits per heavy atom. The summed E-state index contributed by atoms with van der Waals surface area (Å²) in [6, 6.07) is 7.37. The van der Waals surface area contributed by atoms with E-state index >= 15 is 0 Å². The van der Waals surface area contributed by atoms with Crippen LogP contribution < -0.4 is 10.5 Å². The van der Waals surface area contributed by atoms with Crippen LogP contribution in [0.2, 0.25) is 0 Å². The van der Waals surface area contributed by atoms with Gasteiger partial charge in [0.05, 0.1) is 6.61 Å². The third kappa shape index (κ3) is 5.08. The monoisotopic (exact) mass is 269 g/mol. The van der Waals surface area contributed by atoms with Crippen LogP contribution in [-0.4, -0.2) is 21.8 Å². The van der Waals surface area contributed by atoms with Crippen molar-refractivity contribution in [3.63, 3.8) is 0 Å². The molecule has 2 unspecified atom stereocenters. The third-order valence-corrected chi connectivity index (χ3v) is 5.03. The number of hydrogen-bond acceptors (Lipinski definition) is 3. The van der Waals surface area contributed by atoms with Crippen molar-refractivity contribution in [2.75, 3.05) is 18.1 Å². The Morgan fingerprint density at radius 1 is 1.33 bits per heavy atom. The van der Waals surface area contributed by atoms with Gasteiger partial charge in [0.2, 0.25) is 0 Å². The summed E-state index contributed by atoms with van der Waals surface area (Å²) in [5.74, 6) is 1.93. The van der Waals surface area contributed by atoms with Crippen molar-refractivity contribution in [2.45, 2.75) is 32.4 Å². The van der Waals surface area contributed by atoms with E-state index in [2.05, 4.69) is 13.8 Å². The van der Waals surface area contributed by atoms with Crippen LogP contribution in [0.15, 0.2) is 24.3 Å². The number of benzene rings is 1. The Hall–Kier alpha value is -1.03. The summed E-state index contributed by atoms with van der Waals surface area (Å²) < 4.78 is 17.4. The van der Waals surface area contributed by atoms with Gasteiger partial charge in [-0.1, -0.05) is 26.8 Å². The summed E-state index contributed by atoms with van der Waals surface area (Å²) in [6.07, 6.45) is 0.804. The molecule has 0 aromatic heterocycles. The van der Waals surface area contributed by atoms with Crippen molar-refractivity contribution in [2.24, 2.45) is 5.92 Å². The second-order valence-electron chi connectivity index (χ2n) is 4.81. The molecule has 0 aliphatic heterocycles. The fourth-order valence-corrected chi connectivity index (χ4v) is 2.87. The molecule has 0 radical (unpaired) electrons. The van der Waals surface area contributed by atoms with Crippen LogP contribution in [0.25, 0.3) is 0 Å². The zero-order valence-corrected chi connectivity index (χ0v) is 12.2. The SMILES string of the molecule is CC(C)C(C)S(=O)CCCOc1cccc(N)c1. The highest BCUT2D eigenvalue weighted by molar-refractivity contribution is 7.85. The van der Waals surface area contributed by atoms with Crippen LogP contribution in [0.3, 0.4) is 0 Å². The van der Waals surface area contributed by atoms with Crippen molar-refractivity contribution in [3.05, 3.63) is 24.3 Å². The first-order chi connectivity index (χ1) is 8.50. The van der Waals surface area contributed by atoms with Gasteiger partial charge in [0.1, 0.15) is 5.75 Å². The van der Waals surface area contributed by atoms with Gasteiger partial charge in [-0.3, -0.25) is 4.21 Å². The van der Waals surface area contributed by atoms with Crippen LogP contribution >= 0.6 is 0 Å². The lowest BCUT2D eigenvalue weighted by Crippen LogP contribution is -2.20. The molecule has 0 aliphatic rings. The van der Waals surface area contributed by atoms with Crippen molar-refractivity contribution in [1.29, 1.82) is 0 Å². The molecule has 4 heteroatoms. The van der Waals surface area contributed by atoms with E-state index in [-0.39, 0.29) is 5.25 Å². The molecule has 0 saturated carbocycles. The zero-order valence-electron chi connectivity index (χ0n) is 11.4. The molecule has 1 rings (SSSR count). The molecule has 0 bridgehead atoms. The van der Waals surface area contributed by atoms with Crippen LogP contribution in [0.1, 0.15) is 27.2 Å². The topological polar surface area (TPSA) is 52.3 Å². The average molecular weight is 269 g/mol. The number of nitrogen functional groups attached to an aromatic ring is 1. The van der Waals surface area contributed by atoms with Gasteiger partial charge in [-0.25, -0.2) is 0 Å². The van der Waals surface area contributed by atoms with Gasteiger partial charge in [-0.2, -0.15) is 0 Å². The summed E-state index contributed by atoms with van der Waals surface area (Å²) in [6.45, 7) is 6.83. The Kier molecular flexibility index (Phi) is 6.19. The summed E-state index contributed by atoms with van der Waals surface area (Å²) in [5, 5.41) is 0.248. The van der Waals surface area contributed by atoms with E-state index in [4.69, 9.17) is 10.5 Å². The highest BCUT2D eigenvalue weighted by atomic mass is 32.2.